The van der Waals surface area contributed by atoms with E-state index in [0.717, 1.165) is 16.1 Å². The lowest BCUT2D eigenvalue weighted by atomic mass is 10.3. The molecule has 25 heavy (non-hydrogen) atoms. The van der Waals surface area contributed by atoms with Gasteiger partial charge in [0, 0.05) is 29.8 Å². The summed E-state index contributed by atoms with van der Waals surface area (Å²) in [5.74, 6) is 0.203. The van der Waals surface area contributed by atoms with Crippen LogP contribution in [0.5, 0.6) is 0 Å². The molecule has 1 unspecified atom stereocenters. The molecule has 0 aliphatic rings. The fourth-order valence-electron chi connectivity index (χ4n) is 2.33. The number of aryl methyl sites for hydroxylation is 2. The molecule has 0 aliphatic heterocycles. The highest BCUT2D eigenvalue weighted by Gasteiger charge is 2.19. The van der Waals surface area contributed by atoms with E-state index >= 15 is 0 Å². The van der Waals surface area contributed by atoms with Crippen molar-refractivity contribution >= 4 is 11.9 Å². The van der Waals surface area contributed by atoms with Crippen LogP contribution in [0, 0.1) is 13.8 Å². The number of hydrogen-bond acceptors (Lipinski definition) is 6. The lowest BCUT2D eigenvalue weighted by Crippen LogP contribution is -2.34. The number of aromatic nitrogens is 6. The Bertz CT molecular complexity index is 943. The largest absolute Gasteiger partial charge is 0.293 e. The maximum Gasteiger partial charge on any atom is 0.267 e. The molecule has 0 radical (unpaired) electrons. The molecule has 3 rings (SSSR count). The number of anilines is 1. The van der Waals surface area contributed by atoms with Gasteiger partial charge in [-0.1, -0.05) is 0 Å². The average molecular weight is 339 g/mol. The molecule has 0 saturated heterocycles. The maximum atomic E-state index is 12.5. The summed E-state index contributed by atoms with van der Waals surface area (Å²) in [5.41, 5.74) is 1.10. The molecule has 0 spiro atoms. The predicted octanol–water partition coefficient (Wildman–Crippen LogP) is 1.04. The molecule has 0 aliphatic carbocycles. The number of carbonyl (C=O) groups is 1. The first-order valence-electron chi connectivity index (χ1n) is 7.67. The van der Waals surface area contributed by atoms with Crippen LogP contribution in [0.3, 0.4) is 0 Å². The Morgan fingerprint density at radius 3 is 2.56 bits per heavy atom. The van der Waals surface area contributed by atoms with E-state index in [1.54, 1.807) is 37.5 Å². The Morgan fingerprint density at radius 2 is 1.92 bits per heavy atom. The van der Waals surface area contributed by atoms with E-state index in [1.165, 1.54) is 10.7 Å². The second-order valence-corrected chi connectivity index (χ2v) is 5.56. The van der Waals surface area contributed by atoms with Crippen molar-refractivity contribution < 1.29 is 4.79 Å². The molecule has 3 aromatic heterocycles. The molecular weight excluding hydrogens is 322 g/mol. The van der Waals surface area contributed by atoms with Crippen LogP contribution in [0.25, 0.3) is 5.82 Å². The Labute approximate surface area is 143 Å². The minimum atomic E-state index is -0.840. The molecule has 1 N–H and O–H groups in total. The molecule has 0 aromatic carbocycles. The number of carbonyl (C=O) groups excluding carboxylic acids is 1. The van der Waals surface area contributed by atoms with Gasteiger partial charge >= 0.3 is 0 Å². The van der Waals surface area contributed by atoms with E-state index in [4.69, 9.17) is 0 Å². The molecule has 9 heteroatoms. The molecule has 1 atom stereocenters. The van der Waals surface area contributed by atoms with Crippen molar-refractivity contribution in [2.75, 3.05) is 5.32 Å². The first kappa shape index (κ1) is 16.5. The third kappa shape index (κ3) is 3.60. The Kier molecular flexibility index (Phi) is 4.38. The third-order valence-corrected chi connectivity index (χ3v) is 3.51. The zero-order chi connectivity index (χ0) is 18.0. The van der Waals surface area contributed by atoms with E-state index in [-0.39, 0.29) is 11.5 Å². The molecular formula is C16H17N7O2. The fourth-order valence-corrected chi connectivity index (χ4v) is 2.33. The number of nitrogens with zero attached hydrogens (tertiary/aromatic N) is 6. The minimum Gasteiger partial charge on any atom is -0.293 e. The van der Waals surface area contributed by atoms with Gasteiger partial charge in [-0.15, -0.1) is 5.10 Å². The van der Waals surface area contributed by atoms with Crippen LogP contribution < -0.4 is 10.9 Å². The van der Waals surface area contributed by atoms with Crippen molar-refractivity contribution in [3.63, 3.8) is 0 Å². The first-order chi connectivity index (χ1) is 11.9. The number of nitrogens with one attached hydrogen (secondary N) is 1. The van der Waals surface area contributed by atoms with Gasteiger partial charge in [0.25, 0.3) is 11.5 Å². The lowest BCUT2D eigenvalue weighted by molar-refractivity contribution is -0.119. The second-order valence-electron chi connectivity index (χ2n) is 5.56. The predicted molar refractivity (Wildman–Crippen MR) is 90.5 cm³/mol. The van der Waals surface area contributed by atoms with Crippen LogP contribution >= 0.6 is 0 Å². The highest BCUT2D eigenvalue weighted by atomic mass is 16.2. The number of rotatable bonds is 4. The average Bonchev–Trinajstić information content (AvgIpc) is 3.08. The fraction of sp³-hybridized carbons (Fsp3) is 0.250. The van der Waals surface area contributed by atoms with Crippen LogP contribution in [-0.2, 0) is 4.79 Å². The quantitative estimate of drug-likeness (QED) is 0.761. The summed E-state index contributed by atoms with van der Waals surface area (Å²) in [6.45, 7) is 5.21. The van der Waals surface area contributed by atoms with E-state index in [0.29, 0.717) is 5.82 Å². The Hall–Kier alpha value is -3.36. The summed E-state index contributed by atoms with van der Waals surface area (Å²) >= 11 is 0. The molecule has 9 nitrogen and oxygen atoms in total. The number of hydrogen-bond donors (Lipinski definition) is 1. The summed E-state index contributed by atoms with van der Waals surface area (Å²) in [6.07, 6.45) is 3.30. The minimum absolute atomic E-state index is 0.200. The summed E-state index contributed by atoms with van der Waals surface area (Å²) in [7, 11) is 0. The molecule has 3 aromatic rings. The molecule has 0 fully saturated rings. The molecule has 1 amide bonds. The van der Waals surface area contributed by atoms with Gasteiger partial charge in [-0.05, 0) is 39.0 Å². The van der Waals surface area contributed by atoms with Crippen molar-refractivity contribution in [2.45, 2.75) is 26.8 Å². The van der Waals surface area contributed by atoms with Gasteiger partial charge in [0.05, 0.1) is 0 Å². The third-order valence-electron chi connectivity index (χ3n) is 3.51. The van der Waals surface area contributed by atoms with Crippen molar-refractivity contribution in [3.05, 3.63) is 58.4 Å². The molecule has 128 valence electrons. The van der Waals surface area contributed by atoms with Crippen LogP contribution in [0.15, 0.2) is 41.5 Å². The van der Waals surface area contributed by atoms with Gasteiger partial charge in [0.2, 0.25) is 5.95 Å². The van der Waals surface area contributed by atoms with Gasteiger partial charge in [-0.3, -0.25) is 14.9 Å². The van der Waals surface area contributed by atoms with Crippen molar-refractivity contribution in [3.8, 4) is 5.82 Å². The van der Waals surface area contributed by atoms with Crippen LogP contribution in [0.4, 0.5) is 5.95 Å². The lowest BCUT2D eigenvalue weighted by Gasteiger charge is -2.14. The summed E-state index contributed by atoms with van der Waals surface area (Å²) < 4.78 is 2.61. The zero-order valence-corrected chi connectivity index (χ0v) is 14.0. The van der Waals surface area contributed by atoms with Crippen molar-refractivity contribution in [1.29, 1.82) is 0 Å². The number of amides is 1. The summed E-state index contributed by atoms with van der Waals surface area (Å²) in [5, 5.41) is 10.9. The van der Waals surface area contributed by atoms with Crippen LogP contribution in [-0.4, -0.2) is 35.4 Å². The van der Waals surface area contributed by atoms with E-state index in [9.17, 15) is 9.59 Å². The van der Waals surface area contributed by atoms with Gasteiger partial charge in [0.1, 0.15) is 6.04 Å². The maximum absolute atomic E-state index is 12.5. The van der Waals surface area contributed by atoms with Gasteiger partial charge in [0.15, 0.2) is 5.82 Å². The van der Waals surface area contributed by atoms with Crippen molar-refractivity contribution in [1.82, 2.24) is 29.5 Å². The van der Waals surface area contributed by atoms with Gasteiger partial charge in [-0.25, -0.2) is 19.3 Å². The van der Waals surface area contributed by atoms with E-state index in [1.807, 2.05) is 13.8 Å². The second kappa shape index (κ2) is 6.63. The summed E-state index contributed by atoms with van der Waals surface area (Å²) in [4.78, 5) is 32.9. The highest BCUT2D eigenvalue weighted by Crippen LogP contribution is 2.09. The smallest absolute Gasteiger partial charge is 0.267 e. The zero-order valence-electron chi connectivity index (χ0n) is 14.0. The Balaban J connectivity index is 1.87. The molecule has 3 heterocycles. The van der Waals surface area contributed by atoms with Crippen molar-refractivity contribution in [2.24, 2.45) is 0 Å². The van der Waals surface area contributed by atoms with Gasteiger partial charge < -0.3 is 0 Å². The summed E-state index contributed by atoms with van der Waals surface area (Å²) in [6, 6.07) is 5.60. The van der Waals surface area contributed by atoms with Gasteiger partial charge in [-0.2, -0.15) is 5.10 Å². The standard InChI is InChI=1S/C16H17N7O2/c1-10-9-11(2)19-16(18-10)20-15(25)12(3)23-14(24)6-5-13(21-23)22-8-4-7-17-22/h4-9,12H,1-3H3,(H,18,19,20,25). The molecule has 0 bridgehead atoms. The topological polar surface area (TPSA) is 108 Å². The highest BCUT2D eigenvalue weighted by molar-refractivity contribution is 5.91. The molecule has 0 saturated carbocycles. The van der Waals surface area contributed by atoms with E-state index in [2.05, 4.69) is 25.5 Å². The SMILES string of the molecule is Cc1cc(C)nc(NC(=O)C(C)n2nc(-n3cccn3)ccc2=O)n1. The monoisotopic (exact) mass is 339 g/mol. The normalized spacial score (nSPS) is 12.0. The Morgan fingerprint density at radius 1 is 1.20 bits per heavy atom. The van der Waals surface area contributed by atoms with Crippen LogP contribution in [0.2, 0.25) is 0 Å². The van der Waals surface area contributed by atoms with Crippen LogP contribution in [0.1, 0.15) is 24.4 Å². The van der Waals surface area contributed by atoms with E-state index < -0.39 is 11.9 Å². The first-order valence-corrected chi connectivity index (χ1v) is 7.67.